The fourth-order valence-corrected chi connectivity index (χ4v) is 8.76. The van der Waals surface area contributed by atoms with Gasteiger partial charge >= 0.3 is 200 Å². The van der Waals surface area contributed by atoms with E-state index in [0.29, 0.717) is 12.3 Å². The predicted molar refractivity (Wildman–Crippen MR) is 137 cm³/mol. The molecule has 1 aliphatic heterocycles. The minimum absolute atomic E-state index is 0.313. The van der Waals surface area contributed by atoms with Crippen molar-refractivity contribution in [3.05, 3.63) is 108 Å². The van der Waals surface area contributed by atoms with E-state index in [1.807, 2.05) is 11.8 Å². The standard InChI is InChI=1S/C27H32NO2PSe/c1-3-30-27(29)15-19-28-18-14-26(22-23(28)2)31(32,20-16-24-10-6-4-7-11-24)21-17-25-12-8-5-9-13-25/h4-15,18-19,22,26H,3,16-17,20-21H2,1-2H3/b19-15+. The molecule has 0 aromatic heterocycles. The Kier molecular flexibility index (Phi) is 9.35. The Bertz CT molecular complexity index is 967. The van der Waals surface area contributed by atoms with E-state index in [1.165, 1.54) is 29.5 Å². The van der Waals surface area contributed by atoms with Crippen molar-refractivity contribution in [1.82, 2.24) is 4.90 Å². The summed E-state index contributed by atoms with van der Waals surface area (Å²) >= 11 is 3.71. The maximum absolute atomic E-state index is 11.7. The normalized spacial score (nSPS) is 16.2. The second-order valence-corrected chi connectivity index (χ2v) is 16.0. The number of aryl methyl sites for hydroxylation is 2. The molecule has 0 N–H and O–H groups in total. The van der Waals surface area contributed by atoms with Crippen molar-refractivity contribution >= 4 is 26.6 Å². The van der Waals surface area contributed by atoms with E-state index in [1.54, 1.807) is 6.20 Å². The fourth-order valence-electron chi connectivity index (χ4n) is 3.81. The van der Waals surface area contributed by atoms with Crippen molar-refractivity contribution in [2.24, 2.45) is 0 Å². The van der Waals surface area contributed by atoms with E-state index in [-0.39, 0.29) is 5.97 Å². The zero-order chi connectivity index (χ0) is 22.8. The van der Waals surface area contributed by atoms with E-state index in [2.05, 4.69) is 101 Å². The monoisotopic (exact) mass is 513 g/mol. The van der Waals surface area contributed by atoms with Crippen LogP contribution in [0.25, 0.3) is 0 Å². The maximum atomic E-state index is 11.7. The van der Waals surface area contributed by atoms with Gasteiger partial charge in [0.25, 0.3) is 0 Å². The van der Waals surface area contributed by atoms with Crippen LogP contribution in [0.15, 0.2) is 97.0 Å². The molecule has 2 aromatic carbocycles. The molecule has 3 nitrogen and oxygen atoms in total. The molecule has 32 heavy (non-hydrogen) atoms. The van der Waals surface area contributed by atoms with Crippen LogP contribution in [0.3, 0.4) is 0 Å². The number of hydrogen-bond acceptors (Lipinski definition) is 3. The fraction of sp³-hybridized carbons (Fsp3) is 0.296. The van der Waals surface area contributed by atoms with Gasteiger partial charge in [-0.3, -0.25) is 0 Å². The minimum atomic E-state index is -1.42. The summed E-state index contributed by atoms with van der Waals surface area (Å²) in [7, 11) is 0. The Hall–Kier alpha value is -2.12. The molecule has 0 amide bonds. The molecular formula is C27H32NO2PSe. The van der Waals surface area contributed by atoms with Crippen LogP contribution in [-0.4, -0.2) is 50.6 Å². The van der Waals surface area contributed by atoms with Crippen LogP contribution in [0.4, 0.5) is 0 Å². The quantitative estimate of drug-likeness (QED) is 0.176. The van der Waals surface area contributed by atoms with Crippen molar-refractivity contribution in [3.63, 3.8) is 0 Å². The Morgan fingerprint density at radius 3 is 2.09 bits per heavy atom. The van der Waals surface area contributed by atoms with Crippen LogP contribution in [0, 0.1) is 0 Å². The zero-order valence-corrected chi connectivity index (χ0v) is 21.5. The van der Waals surface area contributed by atoms with Gasteiger partial charge in [0.2, 0.25) is 0 Å². The number of rotatable bonds is 10. The van der Waals surface area contributed by atoms with Crippen LogP contribution in [-0.2, 0) is 22.4 Å². The second-order valence-electron chi connectivity index (χ2n) is 7.99. The van der Waals surface area contributed by atoms with Gasteiger partial charge in [0, 0.05) is 0 Å². The molecule has 3 rings (SSSR count). The first-order chi connectivity index (χ1) is 15.5. The summed E-state index contributed by atoms with van der Waals surface area (Å²) in [6.07, 6.45) is 14.5. The summed E-state index contributed by atoms with van der Waals surface area (Å²) in [6, 6.07) is 21.5. The number of carbonyl (C=O) groups is 1. The summed E-state index contributed by atoms with van der Waals surface area (Å²) in [5.41, 5.74) is 2.90. The number of ether oxygens (including phenoxy) is 1. The Labute approximate surface area is 200 Å². The second kappa shape index (κ2) is 12.2. The number of benzene rings is 2. The number of hydrogen-bond donors (Lipinski definition) is 0. The van der Waals surface area contributed by atoms with Crippen molar-refractivity contribution in [3.8, 4) is 0 Å². The summed E-state index contributed by atoms with van der Waals surface area (Å²) < 4.78 is 5.00. The van der Waals surface area contributed by atoms with Crippen molar-refractivity contribution in [2.75, 3.05) is 18.9 Å². The Balaban J connectivity index is 1.75. The first-order valence-corrected chi connectivity index (χ1v) is 15.6. The van der Waals surface area contributed by atoms with Gasteiger partial charge < -0.3 is 0 Å². The van der Waals surface area contributed by atoms with Crippen molar-refractivity contribution < 1.29 is 9.53 Å². The van der Waals surface area contributed by atoms with E-state index in [0.717, 1.165) is 18.5 Å². The number of allylic oxidation sites excluding steroid dienone is 3. The molecule has 0 saturated carbocycles. The van der Waals surface area contributed by atoms with Crippen molar-refractivity contribution in [1.29, 1.82) is 0 Å². The summed E-state index contributed by atoms with van der Waals surface area (Å²) in [5.74, 6) is -0.313. The van der Waals surface area contributed by atoms with Crippen molar-refractivity contribution in [2.45, 2.75) is 32.3 Å². The van der Waals surface area contributed by atoms with E-state index < -0.39 is 5.51 Å². The van der Waals surface area contributed by atoms with Crippen LogP contribution in [0.2, 0.25) is 0 Å². The first kappa shape index (κ1) is 24.5. The van der Waals surface area contributed by atoms with Gasteiger partial charge in [-0.05, 0) is 0 Å². The SMILES string of the molecule is CCOC(=O)/C=C/N1C=CC(P(=[Se])(CCc2ccccc2)CCc2ccccc2)C=C1C. The molecule has 0 fully saturated rings. The van der Waals surface area contributed by atoms with Gasteiger partial charge in [0.05, 0.1) is 0 Å². The molecule has 0 aliphatic carbocycles. The van der Waals surface area contributed by atoms with E-state index in [9.17, 15) is 4.79 Å². The van der Waals surface area contributed by atoms with Crippen LogP contribution < -0.4 is 0 Å². The molecule has 0 spiro atoms. The van der Waals surface area contributed by atoms with Crippen LogP contribution in [0.5, 0.6) is 0 Å². The Morgan fingerprint density at radius 1 is 1.03 bits per heavy atom. The van der Waals surface area contributed by atoms with Gasteiger partial charge in [-0.25, -0.2) is 0 Å². The number of nitrogens with zero attached hydrogens (tertiary/aromatic N) is 1. The molecule has 2 aromatic rings. The van der Waals surface area contributed by atoms with Gasteiger partial charge in [-0.15, -0.1) is 0 Å². The van der Waals surface area contributed by atoms with Crippen LogP contribution in [0.1, 0.15) is 25.0 Å². The molecule has 1 unspecified atom stereocenters. The molecule has 1 heterocycles. The molecule has 5 heteroatoms. The first-order valence-electron chi connectivity index (χ1n) is 11.2. The van der Waals surface area contributed by atoms with E-state index >= 15 is 0 Å². The zero-order valence-electron chi connectivity index (χ0n) is 18.9. The predicted octanol–water partition coefficient (Wildman–Crippen LogP) is 5.75. The van der Waals surface area contributed by atoms with Gasteiger partial charge in [-0.2, -0.15) is 0 Å². The third kappa shape index (κ3) is 7.20. The number of esters is 1. The molecule has 0 radical (unpaired) electrons. The summed E-state index contributed by atoms with van der Waals surface area (Å²) in [4.78, 5) is 13.7. The topological polar surface area (TPSA) is 29.5 Å². The third-order valence-corrected chi connectivity index (χ3v) is 12.9. The average Bonchev–Trinajstić information content (AvgIpc) is 2.82. The van der Waals surface area contributed by atoms with Crippen LogP contribution >= 0.6 is 5.51 Å². The van der Waals surface area contributed by atoms with Gasteiger partial charge in [-0.1, -0.05) is 0 Å². The molecule has 0 bridgehead atoms. The Morgan fingerprint density at radius 2 is 1.59 bits per heavy atom. The molecule has 1 atom stereocenters. The molecule has 168 valence electrons. The summed E-state index contributed by atoms with van der Waals surface area (Å²) in [6.45, 7) is 4.30. The van der Waals surface area contributed by atoms with Gasteiger partial charge in [0.1, 0.15) is 0 Å². The van der Waals surface area contributed by atoms with Gasteiger partial charge in [0.15, 0.2) is 0 Å². The molecule has 0 saturated heterocycles. The summed E-state index contributed by atoms with van der Waals surface area (Å²) in [5, 5.41) is 0. The molecular weight excluding hydrogens is 480 g/mol. The van der Waals surface area contributed by atoms with E-state index in [4.69, 9.17) is 4.74 Å². The average molecular weight is 512 g/mol. The third-order valence-electron chi connectivity index (χ3n) is 5.71. The molecule has 1 aliphatic rings. The number of carbonyl (C=O) groups excluding carboxylic acids is 1.